The number of ether oxygens (including phenoxy) is 1. The van der Waals surface area contributed by atoms with Crippen molar-refractivity contribution in [2.24, 2.45) is 0 Å². The highest BCUT2D eigenvalue weighted by Gasteiger charge is 2.09. The van der Waals surface area contributed by atoms with Crippen LogP contribution in [0.1, 0.15) is 0 Å². The van der Waals surface area contributed by atoms with Crippen LogP contribution in [0.4, 0.5) is 0 Å². The highest BCUT2D eigenvalue weighted by Crippen LogP contribution is 2.22. The van der Waals surface area contributed by atoms with E-state index in [1.165, 1.54) is 11.5 Å². The molecule has 0 unspecified atom stereocenters. The zero-order valence-electron chi connectivity index (χ0n) is 10.4. The van der Waals surface area contributed by atoms with Gasteiger partial charge >= 0.3 is 0 Å². The Morgan fingerprint density at radius 2 is 2.05 bits per heavy atom. The first kappa shape index (κ1) is 12.5. The summed E-state index contributed by atoms with van der Waals surface area (Å²) in [6, 6.07) is 16.6. The van der Waals surface area contributed by atoms with Crippen LogP contribution in [0.3, 0.4) is 0 Å². The number of rotatable bonds is 3. The van der Waals surface area contributed by atoms with Crippen molar-refractivity contribution < 1.29 is 4.74 Å². The van der Waals surface area contributed by atoms with E-state index in [4.69, 9.17) is 10.00 Å². The fourth-order valence-corrected chi connectivity index (χ4v) is 2.95. The Hall–Kier alpha value is -2.58. The van der Waals surface area contributed by atoms with Crippen LogP contribution in [0.5, 0.6) is 5.75 Å². The van der Waals surface area contributed by atoms with Crippen molar-refractivity contribution in [3.05, 3.63) is 58.9 Å². The molecule has 0 N–H and O–H groups in total. The van der Waals surface area contributed by atoms with Crippen LogP contribution in [-0.2, 0) is 0 Å². The molecule has 0 aliphatic rings. The second-order valence-electron chi connectivity index (χ2n) is 4.13. The average molecular weight is 282 g/mol. The van der Waals surface area contributed by atoms with E-state index in [-0.39, 0.29) is 12.2 Å². The monoisotopic (exact) mass is 282 g/mol. The van der Waals surface area contributed by atoms with Gasteiger partial charge in [0.1, 0.15) is 11.8 Å². The maximum atomic E-state index is 12.3. The highest BCUT2D eigenvalue weighted by atomic mass is 32.1. The number of hydrogen-bond donors (Lipinski definition) is 0. The summed E-state index contributed by atoms with van der Waals surface area (Å²) < 4.78 is 7.83. The Kier molecular flexibility index (Phi) is 3.23. The minimum absolute atomic E-state index is 0.00916. The molecule has 3 aromatic rings. The fraction of sp³-hybridized carbons (Fsp3) is 0.0667. The van der Waals surface area contributed by atoms with Crippen LogP contribution in [-0.4, -0.2) is 10.6 Å². The van der Waals surface area contributed by atoms with Gasteiger partial charge in [0, 0.05) is 6.07 Å². The lowest BCUT2D eigenvalue weighted by Gasteiger charge is -2.04. The molecule has 1 heterocycles. The SMILES string of the molecule is N#CCOc1cccc(-n2sc3ccccc3c2=O)c1. The number of hydrogen-bond acceptors (Lipinski definition) is 4. The normalized spacial score (nSPS) is 10.3. The number of fused-ring (bicyclic) bond motifs is 1. The van der Waals surface area contributed by atoms with Crippen LogP contribution in [0.2, 0.25) is 0 Å². The van der Waals surface area contributed by atoms with Crippen molar-refractivity contribution in [2.75, 3.05) is 6.61 Å². The molecule has 98 valence electrons. The van der Waals surface area contributed by atoms with Crippen LogP contribution >= 0.6 is 11.5 Å². The smallest absolute Gasteiger partial charge is 0.273 e. The van der Waals surface area contributed by atoms with Gasteiger partial charge in [0.15, 0.2) is 6.61 Å². The first-order valence-electron chi connectivity index (χ1n) is 6.01. The van der Waals surface area contributed by atoms with Gasteiger partial charge in [-0.3, -0.25) is 4.79 Å². The number of nitriles is 1. The molecule has 0 aliphatic heterocycles. The summed E-state index contributed by atoms with van der Waals surface area (Å²) in [7, 11) is 0. The van der Waals surface area contributed by atoms with Crippen LogP contribution in [0.15, 0.2) is 53.3 Å². The molecule has 20 heavy (non-hydrogen) atoms. The largest absolute Gasteiger partial charge is 0.479 e. The van der Waals surface area contributed by atoms with Gasteiger partial charge < -0.3 is 4.74 Å². The van der Waals surface area contributed by atoms with E-state index in [2.05, 4.69) is 0 Å². The van der Waals surface area contributed by atoms with E-state index in [0.29, 0.717) is 11.1 Å². The quantitative estimate of drug-likeness (QED) is 0.742. The average Bonchev–Trinajstić information content (AvgIpc) is 2.83. The van der Waals surface area contributed by atoms with Gasteiger partial charge in [0.05, 0.1) is 15.8 Å². The number of benzene rings is 2. The molecular weight excluding hydrogens is 272 g/mol. The van der Waals surface area contributed by atoms with Gasteiger partial charge in [-0.2, -0.15) is 5.26 Å². The molecule has 0 bridgehead atoms. The number of nitrogens with zero attached hydrogens (tertiary/aromatic N) is 2. The molecule has 0 spiro atoms. The lowest BCUT2D eigenvalue weighted by atomic mass is 10.3. The van der Waals surface area contributed by atoms with E-state index in [1.54, 1.807) is 22.2 Å². The predicted octanol–water partition coefficient (Wildman–Crippen LogP) is 2.95. The van der Waals surface area contributed by atoms with Crippen molar-refractivity contribution >= 4 is 21.6 Å². The van der Waals surface area contributed by atoms with Crippen molar-refractivity contribution in [1.82, 2.24) is 3.96 Å². The molecule has 0 saturated carbocycles. The molecule has 3 rings (SSSR count). The minimum Gasteiger partial charge on any atom is -0.479 e. The minimum atomic E-state index is -0.0389. The lowest BCUT2D eigenvalue weighted by molar-refractivity contribution is 0.368. The molecule has 0 radical (unpaired) electrons. The lowest BCUT2D eigenvalue weighted by Crippen LogP contribution is -2.10. The molecule has 5 heteroatoms. The summed E-state index contributed by atoms with van der Waals surface area (Å²) in [6.45, 7) is -0.00916. The highest BCUT2D eigenvalue weighted by molar-refractivity contribution is 7.14. The van der Waals surface area contributed by atoms with E-state index >= 15 is 0 Å². The third-order valence-electron chi connectivity index (χ3n) is 2.85. The summed E-state index contributed by atoms with van der Waals surface area (Å²) in [5, 5.41) is 9.23. The maximum Gasteiger partial charge on any atom is 0.273 e. The Balaban J connectivity index is 2.09. The molecule has 0 aliphatic carbocycles. The summed E-state index contributed by atoms with van der Waals surface area (Å²) in [6.07, 6.45) is 0. The molecular formula is C15H10N2O2S. The van der Waals surface area contributed by atoms with E-state index in [1.807, 2.05) is 36.4 Å². The predicted molar refractivity (Wildman–Crippen MR) is 78.5 cm³/mol. The van der Waals surface area contributed by atoms with Crippen LogP contribution < -0.4 is 10.3 Å². The van der Waals surface area contributed by atoms with Gasteiger partial charge in [-0.05, 0) is 24.3 Å². The van der Waals surface area contributed by atoms with Crippen LogP contribution in [0.25, 0.3) is 15.8 Å². The van der Waals surface area contributed by atoms with Crippen molar-refractivity contribution in [2.45, 2.75) is 0 Å². The molecule has 4 nitrogen and oxygen atoms in total. The second kappa shape index (κ2) is 5.19. The van der Waals surface area contributed by atoms with E-state index in [9.17, 15) is 4.79 Å². The first-order valence-corrected chi connectivity index (χ1v) is 6.78. The molecule has 0 fully saturated rings. The maximum absolute atomic E-state index is 12.3. The first-order chi connectivity index (χ1) is 9.79. The topological polar surface area (TPSA) is 55.0 Å². The molecule has 0 atom stereocenters. The standard InChI is InChI=1S/C15H10N2O2S/c16-8-9-19-12-5-3-4-11(10-12)17-15(18)13-6-1-2-7-14(13)20-17/h1-7,10H,9H2. The molecule has 1 aromatic heterocycles. The van der Waals surface area contributed by atoms with Crippen molar-refractivity contribution in [3.63, 3.8) is 0 Å². The van der Waals surface area contributed by atoms with E-state index in [0.717, 1.165) is 10.4 Å². The zero-order chi connectivity index (χ0) is 13.9. The summed E-state index contributed by atoms with van der Waals surface area (Å²) >= 11 is 1.39. The third-order valence-corrected chi connectivity index (χ3v) is 3.96. The third kappa shape index (κ3) is 2.17. The van der Waals surface area contributed by atoms with Gasteiger partial charge in [-0.25, -0.2) is 3.96 Å². The Morgan fingerprint density at radius 1 is 1.20 bits per heavy atom. The van der Waals surface area contributed by atoms with Gasteiger partial charge in [-0.15, -0.1) is 0 Å². The Labute approximate surface area is 119 Å². The van der Waals surface area contributed by atoms with Gasteiger partial charge in [0.25, 0.3) is 5.56 Å². The van der Waals surface area contributed by atoms with Gasteiger partial charge in [-0.1, -0.05) is 29.7 Å². The van der Waals surface area contributed by atoms with Crippen LogP contribution in [0, 0.1) is 11.3 Å². The summed E-state index contributed by atoms with van der Waals surface area (Å²) in [5.41, 5.74) is 0.703. The Bertz CT molecular complexity index is 858. The summed E-state index contributed by atoms with van der Waals surface area (Å²) in [4.78, 5) is 12.3. The molecule has 2 aromatic carbocycles. The zero-order valence-corrected chi connectivity index (χ0v) is 11.3. The number of aromatic nitrogens is 1. The fourth-order valence-electron chi connectivity index (χ4n) is 1.96. The molecule has 0 amide bonds. The molecule has 0 saturated heterocycles. The van der Waals surface area contributed by atoms with E-state index < -0.39 is 0 Å². The van der Waals surface area contributed by atoms with Crippen molar-refractivity contribution in [1.29, 1.82) is 5.26 Å². The van der Waals surface area contributed by atoms with Crippen molar-refractivity contribution in [3.8, 4) is 17.5 Å². The van der Waals surface area contributed by atoms with Gasteiger partial charge in [0.2, 0.25) is 0 Å². The Morgan fingerprint density at radius 3 is 2.85 bits per heavy atom. The summed E-state index contributed by atoms with van der Waals surface area (Å²) in [5.74, 6) is 0.577. The second-order valence-corrected chi connectivity index (χ2v) is 5.12.